The number of hydrogen-bond acceptors (Lipinski definition) is 3. The maximum absolute atomic E-state index is 13.6. The van der Waals surface area contributed by atoms with Crippen molar-refractivity contribution in [2.24, 2.45) is 11.3 Å². The Bertz CT molecular complexity index is 581. The van der Waals surface area contributed by atoms with Crippen LogP contribution in [-0.4, -0.2) is 24.8 Å². The molecule has 3 nitrogen and oxygen atoms in total. The van der Waals surface area contributed by atoms with Crippen LogP contribution in [0.25, 0.3) is 0 Å². The molecule has 0 amide bonds. The fourth-order valence-corrected chi connectivity index (χ4v) is 2.51. The second-order valence-electron chi connectivity index (χ2n) is 5.93. The summed E-state index contributed by atoms with van der Waals surface area (Å²) in [4.78, 5) is 24.5. The van der Waals surface area contributed by atoms with E-state index in [4.69, 9.17) is 4.74 Å². The number of hydrogen-bond donors (Lipinski definition) is 0. The minimum atomic E-state index is -3.09. The molecular formula is C16H18F2O3. The molecule has 0 bridgehead atoms. The number of carbonyl (C=O) groups excluding carboxylic acids is 2. The molecule has 1 aromatic carbocycles. The monoisotopic (exact) mass is 296 g/mol. The first kappa shape index (κ1) is 15.6. The van der Waals surface area contributed by atoms with Crippen LogP contribution in [0.15, 0.2) is 18.2 Å². The van der Waals surface area contributed by atoms with Crippen LogP contribution in [0.3, 0.4) is 0 Å². The lowest BCUT2D eigenvalue weighted by molar-refractivity contribution is -0.161. The summed E-state index contributed by atoms with van der Waals surface area (Å²) in [5.41, 5.74) is -0.836. The third kappa shape index (κ3) is 2.57. The van der Waals surface area contributed by atoms with Gasteiger partial charge in [-0.1, -0.05) is 37.6 Å². The number of benzene rings is 1. The molecule has 0 heterocycles. The highest BCUT2D eigenvalue weighted by Crippen LogP contribution is 2.43. The zero-order chi connectivity index (χ0) is 15.8. The zero-order valence-electron chi connectivity index (χ0n) is 12.3. The number of ketones is 1. The minimum Gasteiger partial charge on any atom is -0.464 e. The number of carbonyl (C=O) groups is 2. The van der Waals surface area contributed by atoms with E-state index in [-0.39, 0.29) is 24.5 Å². The van der Waals surface area contributed by atoms with E-state index in [1.165, 1.54) is 6.07 Å². The molecule has 0 spiro atoms. The summed E-state index contributed by atoms with van der Waals surface area (Å²) >= 11 is 0. The van der Waals surface area contributed by atoms with E-state index in [0.29, 0.717) is 5.56 Å². The van der Waals surface area contributed by atoms with E-state index in [2.05, 4.69) is 0 Å². The Labute approximate surface area is 122 Å². The molecule has 0 saturated carbocycles. The smallest absolute Gasteiger partial charge is 0.326 e. The van der Waals surface area contributed by atoms with Crippen molar-refractivity contribution in [2.75, 3.05) is 6.61 Å². The van der Waals surface area contributed by atoms with Crippen LogP contribution in [0.2, 0.25) is 0 Å². The molecule has 114 valence electrons. The Kier molecular flexibility index (Phi) is 4.12. The average Bonchev–Trinajstić information content (AvgIpc) is 2.69. The van der Waals surface area contributed by atoms with Gasteiger partial charge in [-0.2, -0.15) is 0 Å². The van der Waals surface area contributed by atoms with Gasteiger partial charge in [-0.3, -0.25) is 9.59 Å². The molecule has 2 rings (SSSR count). The highest BCUT2D eigenvalue weighted by molar-refractivity contribution is 6.16. The molecule has 1 atom stereocenters. The molecule has 21 heavy (non-hydrogen) atoms. The molecule has 0 aromatic heterocycles. The summed E-state index contributed by atoms with van der Waals surface area (Å²) in [7, 11) is 0. The third-order valence-corrected chi connectivity index (χ3v) is 3.66. The van der Waals surface area contributed by atoms with E-state index >= 15 is 0 Å². The largest absolute Gasteiger partial charge is 0.464 e. The van der Waals surface area contributed by atoms with Crippen LogP contribution in [-0.2, 0) is 16.0 Å². The first-order valence-electron chi connectivity index (χ1n) is 6.88. The fourth-order valence-electron chi connectivity index (χ4n) is 2.51. The maximum atomic E-state index is 13.6. The topological polar surface area (TPSA) is 43.4 Å². The lowest BCUT2D eigenvalue weighted by atomic mass is 9.84. The minimum absolute atomic E-state index is 0.0183. The van der Waals surface area contributed by atoms with Gasteiger partial charge in [0.05, 0.1) is 6.61 Å². The third-order valence-electron chi connectivity index (χ3n) is 3.66. The first-order valence-corrected chi connectivity index (χ1v) is 6.88. The van der Waals surface area contributed by atoms with Gasteiger partial charge in [-0.05, 0) is 18.4 Å². The summed E-state index contributed by atoms with van der Waals surface area (Å²) in [6.07, 6.45) is -3.38. The van der Waals surface area contributed by atoms with Gasteiger partial charge in [0.15, 0.2) is 11.2 Å². The van der Waals surface area contributed by atoms with Gasteiger partial charge in [0.25, 0.3) is 6.43 Å². The van der Waals surface area contributed by atoms with Crippen LogP contribution in [0, 0.1) is 18.3 Å². The maximum Gasteiger partial charge on any atom is 0.326 e. The normalized spacial score (nSPS) is 21.0. The van der Waals surface area contributed by atoms with Crippen LogP contribution < -0.4 is 0 Å². The molecule has 1 aliphatic carbocycles. The van der Waals surface area contributed by atoms with E-state index in [1.807, 2.05) is 6.92 Å². The lowest BCUT2D eigenvalue weighted by Crippen LogP contribution is -2.45. The second kappa shape index (κ2) is 5.54. The predicted octanol–water partition coefficient (Wildman–Crippen LogP) is 3.18. The van der Waals surface area contributed by atoms with Gasteiger partial charge in [0.1, 0.15) is 0 Å². The summed E-state index contributed by atoms with van der Waals surface area (Å²) in [6.45, 7) is 5.44. The van der Waals surface area contributed by atoms with Crippen LogP contribution in [0.1, 0.15) is 35.3 Å². The van der Waals surface area contributed by atoms with Crippen molar-refractivity contribution >= 4 is 11.8 Å². The molecule has 5 heteroatoms. The summed E-state index contributed by atoms with van der Waals surface area (Å²) in [5.74, 6) is -1.93. The van der Waals surface area contributed by atoms with E-state index < -0.39 is 23.6 Å². The number of alkyl halides is 2. The first-order chi connectivity index (χ1) is 9.79. The molecule has 0 aliphatic heterocycles. The van der Waals surface area contributed by atoms with Crippen molar-refractivity contribution in [1.82, 2.24) is 0 Å². The van der Waals surface area contributed by atoms with Crippen LogP contribution >= 0.6 is 0 Å². The quantitative estimate of drug-likeness (QED) is 0.633. The second-order valence-corrected chi connectivity index (χ2v) is 5.93. The van der Waals surface area contributed by atoms with Gasteiger partial charge in [-0.15, -0.1) is 0 Å². The van der Waals surface area contributed by atoms with Crippen molar-refractivity contribution in [3.05, 3.63) is 34.9 Å². The number of rotatable bonds is 4. The van der Waals surface area contributed by atoms with Crippen molar-refractivity contribution in [1.29, 1.82) is 0 Å². The van der Waals surface area contributed by atoms with Crippen molar-refractivity contribution in [2.45, 2.75) is 33.6 Å². The van der Waals surface area contributed by atoms with E-state index in [0.717, 1.165) is 5.56 Å². The van der Waals surface area contributed by atoms with Gasteiger partial charge in [-0.25, -0.2) is 8.78 Å². The van der Waals surface area contributed by atoms with Gasteiger partial charge in [0, 0.05) is 12.0 Å². The molecule has 1 unspecified atom stereocenters. The Hall–Kier alpha value is -1.78. The average molecular weight is 296 g/mol. The number of Topliss-reactive ketones (excluding diaryl/α,β-unsaturated/α-hetero) is 1. The lowest BCUT2D eigenvalue weighted by Gasteiger charge is -2.24. The highest BCUT2D eigenvalue weighted by Gasteiger charge is 2.59. The zero-order valence-corrected chi connectivity index (χ0v) is 12.3. The van der Waals surface area contributed by atoms with Gasteiger partial charge >= 0.3 is 5.97 Å². The van der Waals surface area contributed by atoms with E-state index in [1.54, 1.807) is 26.0 Å². The van der Waals surface area contributed by atoms with Crippen molar-refractivity contribution in [3.63, 3.8) is 0 Å². The molecule has 0 radical (unpaired) electrons. The van der Waals surface area contributed by atoms with Crippen LogP contribution in [0.4, 0.5) is 8.78 Å². The Morgan fingerprint density at radius 2 is 2.05 bits per heavy atom. The Morgan fingerprint density at radius 1 is 1.38 bits per heavy atom. The molecule has 0 fully saturated rings. The molecule has 0 saturated heterocycles. The predicted molar refractivity (Wildman–Crippen MR) is 73.4 cm³/mol. The van der Waals surface area contributed by atoms with Gasteiger partial charge in [0.2, 0.25) is 0 Å². The Morgan fingerprint density at radius 3 is 2.62 bits per heavy atom. The summed E-state index contributed by atoms with van der Waals surface area (Å²) in [6, 6.07) is 4.86. The SMILES string of the molecule is Cc1ccc2c(c1)CC(C(=O)OCC(C)C)(C(F)F)C2=O. The van der Waals surface area contributed by atoms with E-state index in [9.17, 15) is 18.4 Å². The molecular weight excluding hydrogens is 278 g/mol. The number of fused-ring (bicyclic) bond motifs is 1. The number of halogens is 2. The highest BCUT2D eigenvalue weighted by atomic mass is 19.3. The number of ether oxygens (including phenoxy) is 1. The van der Waals surface area contributed by atoms with Crippen molar-refractivity contribution < 1.29 is 23.1 Å². The molecule has 0 N–H and O–H groups in total. The Balaban J connectivity index is 2.38. The number of aryl methyl sites for hydroxylation is 1. The van der Waals surface area contributed by atoms with Crippen LogP contribution in [0.5, 0.6) is 0 Å². The fraction of sp³-hybridized carbons (Fsp3) is 0.500. The van der Waals surface area contributed by atoms with Crippen molar-refractivity contribution in [3.8, 4) is 0 Å². The van der Waals surface area contributed by atoms with Gasteiger partial charge < -0.3 is 4.74 Å². The summed E-state index contributed by atoms with van der Waals surface area (Å²) < 4.78 is 32.1. The molecule has 1 aliphatic rings. The molecule has 1 aromatic rings. The summed E-state index contributed by atoms with van der Waals surface area (Å²) in [5, 5.41) is 0. The standard InChI is InChI=1S/C16H18F2O3/c1-9(2)8-21-15(20)16(14(17)18)7-11-6-10(3)4-5-12(11)13(16)19/h4-6,9,14H,7-8H2,1-3H3. The number of esters is 1.